The summed E-state index contributed by atoms with van der Waals surface area (Å²) >= 11 is 0. The lowest BCUT2D eigenvalue weighted by Gasteiger charge is -2.27. The van der Waals surface area contributed by atoms with E-state index in [1.165, 1.54) is 5.69 Å². The van der Waals surface area contributed by atoms with Gasteiger partial charge in [0.05, 0.1) is 19.9 Å². The zero-order valence-corrected chi connectivity index (χ0v) is 18.2. The number of aromatic nitrogens is 2. The average Bonchev–Trinajstić information content (AvgIpc) is 3.44. The van der Waals surface area contributed by atoms with E-state index in [1.54, 1.807) is 32.0 Å². The standard InChI is InChI=1S/C24H28N4O3/c1-27-22(15-21(26-27)20-14-19(30-2)11-12-23(20)31-3)24(29)25-16-18-10-7-13-28(18)17-8-5-4-6-9-17/h4-6,8-9,11-12,14-15,18H,7,10,13,16H2,1-3H3,(H,25,29). The summed E-state index contributed by atoms with van der Waals surface area (Å²) in [5, 5.41) is 7.64. The van der Waals surface area contributed by atoms with E-state index < -0.39 is 0 Å². The molecule has 1 saturated heterocycles. The van der Waals surface area contributed by atoms with E-state index in [2.05, 4.69) is 27.4 Å². The fourth-order valence-corrected chi connectivity index (χ4v) is 4.13. The number of amides is 1. The SMILES string of the molecule is COc1ccc(OC)c(-c2cc(C(=O)NCC3CCCN3c3ccccc3)n(C)n2)c1. The lowest BCUT2D eigenvalue weighted by atomic mass is 10.1. The summed E-state index contributed by atoms with van der Waals surface area (Å²) in [6.07, 6.45) is 2.19. The zero-order chi connectivity index (χ0) is 21.8. The summed E-state index contributed by atoms with van der Waals surface area (Å²) in [6.45, 7) is 1.60. The van der Waals surface area contributed by atoms with Crippen molar-refractivity contribution < 1.29 is 14.3 Å². The third kappa shape index (κ3) is 4.35. The molecule has 1 fully saturated rings. The molecule has 0 radical (unpaired) electrons. The van der Waals surface area contributed by atoms with Crippen molar-refractivity contribution in [1.82, 2.24) is 15.1 Å². The Morgan fingerprint density at radius 3 is 2.68 bits per heavy atom. The van der Waals surface area contributed by atoms with Gasteiger partial charge in [0.25, 0.3) is 5.91 Å². The summed E-state index contributed by atoms with van der Waals surface area (Å²) in [5.74, 6) is 1.24. The van der Waals surface area contributed by atoms with Crippen LogP contribution in [0.15, 0.2) is 54.6 Å². The molecule has 31 heavy (non-hydrogen) atoms. The van der Waals surface area contributed by atoms with Crippen LogP contribution in [0.2, 0.25) is 0 Å². The first kappa shape index (κ1) is 20.8. The van der Waals surface area contributed by atoms with E-state index in [-0.39, 0.29) is 11.9 Å². The fraction of sp³-hybridized carbons (Fsp3) is 0.333. The van der Waals surface area contributed by atoms with Crippen LogP contribution in [-0.4, -0.2) is 49.0 Å². The first-order chi connectivity index (χ1) is 15.1. The predicted octanol–water partition coefficient (Wildman–Crippen LogP) is 3.50. The molecule has 4 rings (SSSR count). The number of benzene rings is 2. The highest BCUT2D eigenvalue weighted by molar-refractivity contribution is 5.94. The minimum Gasteiger partial charge on any atom is -0.497 e. The maximum atomic E-state index is 12.9. The molecule has 0 bridgehead atoms. The maximum Gasteiger partial charge on any atom is 0.269 e. The molecule has 3 aromatic rings. The Balaban J connectivity index is 1.48. The van der Waals surface area contributed by atoms with Gasteiger partial charge in [-0.1, -0.05) is 18.2 Å². The minimum absolute atomic E-state index is 0.136. The highest BCUT2D eigenvalue weighted by atomic mass is 16.5. The van der Waals surface area contributed by atoms with Crippen molar-refractivity contribution in [1.29, 1.82) is 0 Å². The Hall–Kier alpha value is -3.48. The van der Waals surface area contributed by atoms with Crippen molar-refractivity contribution in [3.63, 3.8) is 0 Å². The van der Waals surface area contributed by atoms with Gasteiger partial charge in [-0.15, -0.1) is 0 Å². The Labute approximate surface area is 182 Å². The largest absolute Gasteiger partial charge is 0.497 e. The Morgan fingerprint density at radius 2 is 1.94 bits per heavy atom. The third-order valence-electron chi connectivity index (χ3n) is 5.76. The van der Waals surface area contributed by atoms with Gasteiger partial charge >= 0.3 is 0 Å². The van der Waals surface area contributed by atoms with E-state index in [0.717, 1.165) is 24.9 Å². The molecule has 1 unspecified atom stereocenters. The minimum atomic E-state index is -0.136. The number of nitrogens with one attached hydrogen (secondary N) is 1. The number of hydrogen-bond donors (Lipinski definition) is 1. The van der Waals surface area contributed by atoms with Crippen LogP contribution in [-0.2, 0) is 7.05 Å². The highest BCUT2D eigenvalue weighted by Crippen LogP contribution is 2.33. The monoisotopic (exact) mass is 420 g/mol. The van der Waals surface area contributed by atoms with Gasteiger partial charge in [-0.3, -0.25) is 9.48 Å². The Bertz CT molecular complexity index is 1050. The van der Waals surface area contributed by atoms with Crippen molar-refractivity contribution in [2.45, 2.75) is 18.9 Å². The molecule has 0 spiro atoms. The van der Waals surface area contributed by atoms with Crippen LogP contribution < -0.4 is 19.7 Å². The molecular weight excluding hydrogens is 392 g/mol. The number of ether oxygens (including phenoxy) is 2. The van der Waals surface area contributed by atoms with Crippen molar-refractivity contribution >= 4 is 11.6 Å². The van der Waals surface area contributed by atoms with E-state index in [4.69, 9.17) is 9.47 Å². The van der Waals surface area contributed by atoms with Crippen LogP contribution in [0.1, 0.15) is 23.3 Å². The number of nitrogens with zero attached hydrogens (tertiary/aromatic N) is 3. The molecule has 1 aromatic heterocycles. The average molecular weight is 421 g/mol. The van der Waals surface area contributed by atoms with Gasteiger partial charge < -0.3 is 19.7 Å². The van der Waals surface area contributed by atoms with E-state index in [0.29, 0.717) is 29.4 Å². The van der Waals surface area contributed by atoms with Gasteiger partial charge in [-0.25, -0.2) is 0 Å². The van der Waals surface area contributed by atoms with Crippen LogP contribution >= 0.6 is 0 Å². The van der Waals surface area contributed by atoms with Crippen molar-refractivity contribution in [3.8, 4) is 22.8 Å². The number of aryl methyl sites for hydroxylation is 1. The highest BCUT2D eigenvalue weighted by Gasteiger charge is 2.26. The van der Waals surface area contributed by atoms with Gasteiger partial charge in [0.1, 0.15) is 17.2 Å². The zero-order valence-electron chi connectivity index (χ0n) is 18.2. The second-order valence-corrected chi connectivity index (χ2v) is 7.64. The Kier molecular flexibility index (Phi) is 6.11. The first-order valence-corrected chi connectivity index (χ1v) is 10.5. The van der Waals surface area contributed by atoms with Crippen molar-refractivity contribution in [2.24, 2.45) is 7.05 Å². The number of rotatable bonds is 7. The summed E-state index contributed by atoms with van der Waals surface area (Å²) in [4.78, 5) is 15.3. The molecule has 0 aliphatic carbocycles. The van der Waals surface area contributed by atoms with Crippen LogP contribution in [0.4, 0.5) is 5.69 Å². The number of anilines is 1. The van der Waals surface area contributed by atoms with E-state index in [9.17, 15) is 4.79 Å². The molecule has 0 saturated carbocycles. The van der Waals surface area contributed by atoms with E-state index >= 15 is 0 Å². The third-order valence-corrected chi connectivity index (χ3v) is 5.76. The molecular formula is C24H28N4O3. The van der Waals surface area contributed by atoms with E-state index in [1.807, 2.05) is 36.4 Å². The second-order valence-electron chi connectivity index (χ2n) is 7.64. The molecule has 1 N–H and O–H groups in total. The van der Waals surface area contributed by atoms with Crippen LogP contribution in [0.25, 0.3) is 11.3 Å². The molecule has 2 heterocycles. The molecule has 1 atom stereocenters. The smallest absolute Gasteiger partial charge is 0.269 e. The summed E-state index contributed by atoms with van der Waals surface area (Å²) in [6, 6.07) is 18.0. The van der Waals surface area contributed by atoms with Gasteiger partial charge in [0, 0.05) is 37.4 Å². The number of hydrogen-bond acceptors (Lipinski definition) is 5. The molecule has 2 aromatic carbocycles. The molecule has 1 aliphatic heterocycles. The normalized spacial score (nSPS) is 15.7. The lowest BCUT2D eigenvalue weighted by Crippen LogP contribution is -2.40. The molecule has 1 amide bonds. The topological polar surface area (TPSA) is 68.6 Å². The molecule has 1 aliphatic rings. The van der Waals surface area contributed by atoms with Crippen LogP contribution in [0, 0.1) is 0 Å². The number of para-hydroxylation sites is 1. The van der Waals surface area contributed by atoms with Crippen LogP contribution in [0.3, 0.4) is 0 Å². The van der Waals surface area contributed by atoms with Gasteiger partial charge in [-0.2, -0.15) is 5.10 Å². The quantitative estimate of drug-likeness (QED) is 0.634. The van der Waals surface area contributed by atoms with Crippen molar-refractivity contribution in [3.05, 3.63) is 60.3 Å². The summed E-state index contributed by atoms with van der Waals surface area (Å²) in [7, 11) is 5.00. The number of carbonyl (C=O) groups is 1. The lowest BCUT2D eigenvalue weighted by molar-refractivity contribution is 0.0942. The van der Waals surface area contributed by atoms with Gasteiger partial charge in [0.2, 0.25) is 0 Å². The van der Waals surface area contributed by atoms with Gasteiger partial charge in [-0.05, 0) is 49.2 Å². The fourth-order valence-electron chi connectivity index (χ4n) is 4.13. The van der Waals surface area contributed by atoms with Gasteiger partial charge in [0.15, 0.2) is 0 Å². The molecule has 162 valence electrons. The second kappa shape index (κ2) is 9.12. The van der Waals surface area contributed by atoms with Crippen molar-refractivity contribution in [2.75, 3.05) is 32.2 Å². The number of methoxy groups -OCH3 is 2. The summed E-state index contributed by atoms with van der Waals surface area (Å²) in [5.41, 5.74) is 3.15. The first-order valence-electron chi connectivity index (χ1n) is 10.5. The maximum absolute atomic E-state index is 12.9. The Morgan fingerprint density at radius 1 is 1.13 bits per heavy atom. The number of carbonyl (C=O) groups excluding carboxylic acids is 1. The summed E-state index contributed by atoms with van der Waals surface area (Å²) < 4.78 is 12.4. The predicted molar refractivity (Wildman–Crippen MR) is 121 cm³/mol. The molecule has 7 nitrogen and oxygen atoms in total. The molecule has 7 heteroatoms. The van der Waals surface area contributed by atoms with Crippen LogP contribution in [0.5, 0.6) is 11.5 Å².